The van der Waals surface area contributed by atoms with Gasteiger partial charge < -0.3 is 14.8 Å². The third kappa shape index (κ3) is 3.74. The van der Waals surface area contributed by atoms with Gasteiger partial charge in [0.1, 0.15) is 5.75 Å². The van der Waals surface area contributed by atoms with E-state index in [1.54, 1.807) is 7.11 Å². The van der Waals surface area contributed by atoms with Crippen LogP contribution in [0.3, 0.4) is 0 Å². The molecule has 20 heavy (non-hydrogen) atoms. The molecule has 0 spiro atoms. The summed E-state index contributed by atoms with van der Waals surface area (Å²) in [5.41, 5.74) is 1.27. The maximum Gasteiger partial charge on any atom is 0.122 e. The van der Waals surface area contributed by atoms with Gasteiger partial charge in [0.2, 0.25) is 0 Å². The summed E-state index contributed by atoms with van der Waals surface area (Å²) < 4.78 is 11.2. The molecule has 1 fully saturated rings. The number of hydrogen-bond donors (Lipinski definition) is 1. The molecule has 0 heterocycles. The molecular formula is C17H27NO2. The second-order valence-corrected chi connectivity index (χ2v) is 6.18. The van der Waals surface area contributed by atoms with E-state index in [0.29, 0.717) is 12.0 Å². The Kier molecular flexibility index (Phi) is 5.06. The van der Waals surface area contributed by atoms with E-state index in [0.717, 1.165) is 18.9 Å². The molecule has 3 heteroatoms. The number of ether oxygens (including phenoxy) is 2. The van der Waals surface area contributed by atoms with Gasteiger partial charge in [0.05, 0.1) is 12.7 Å². The first-order chi connectivity index (χ1) is 9.55. The van der Waals surface area contributed by atoms with Crippen molar-refractivity contribution < 1.29 is 9.47 Å². The van der Waals surface area contributed by atoms with Gasteiger partial charge in [-0.15, -0.1) is 0 Å². The molecule has 1 saturated carbocycles. The molecule has 0 saturated heterocycles. The Balaban J connectivity index is 1.80. The van der Waals surface area contributed by atoms with Crippen LogP contribution in [0.1, 0.15) is 45.1 Å². The van der Waals surface area contributed by atoms with Crippen LogP contribution in [0.2, 0.25) is 0 Å². The zero-order valence-electron chi connectivity index (χ0n) is 13.1. The van der Waals surface area contributed by atoms with Crippen molar-refractivity contribution in [3.8, 4) is 5.75 Å². The van der Waals surface area contributed by atoms with Gasteiger partial charge in [-0.25, -0.2) is 0 Å². The molecule has 1 aromatic rings. The summed E-state index contributed by atoms with van der Waals surface area (Å²) in [5.74, 6) is 1.64. The van der Waals surface area contributed by atoms with Crippen LogP contribution in [0, 0.1) is 0 Å². The van der Waals surface area contributed by atoms with Crippen molar-refractivity contribution in [1.29, 1.82) is 0 Å². The second kappa shape index (κ2) is 6.59. The highest BCUT2D eigenvalue weighted by Gasteiger charge is 2.32. The van der Waals surface area contributed by atoms with E-state index in [-0.39, 0.29) is 5.60 Å². The quantitative estimate of drug-likeness (QED) is 0.829. The minimum Gasteiger partial charge on any atom is -0.496 e. The molecule has 0 amide bonds. The van der Waals surface area contributed by atoms with Gasteiger partial charge in [0.25, 0.3) is 0 Å². The van der Waals surface area contributed by atoms with Gasteiger partial charge >= 0.3 is 0 Å². The van der Waals surface area contributed by atoms with Crippen LogP contribution in [0.25, 0.3) is 0 Å². The molecule has 2 rings (SSSR count). The van der Waals surface area contributed by atoms with E-state index in [9.17, 15) is 0 Å². The van der Waals surface area contributed by atoms with Crippen molar-refractivity contribution in [1.82, 2.24) is 5.32 Å². The lowest BCUT2D eigenvalue weighted by molar-refractivity contribution is -0.0128. The van der Waals surface area contributed by atoms with Crippen LogP contribution in [0.4, 0.5) is 0 Å². The third-order valence-corrected chi connectivity index (χ3v) is 4.07. The van der Waals surface area contributed by atoms with Crippen LogP contribution in [-0.4, -0.2) is 31.9 Å². The second-order valence-electron chi connectivity index (χ2n) is 6.18. The first-order valence-corrected chi connectivity index (χ1v) is 7.56. The fourth-order valence-corrected chi connectivity index (χ4v) is 2.87. The first-order valence-electron chi connectivity index (χ1n) is 7.56. The van der Waals surface area contributed by atoms with Gasteiger partial charge in [0.15, 0.2) is 0 Å². The summed E-state index contributed by atoms with van der Waals surface area (Å²) >= 11 is 0. The molecule has 1 aromatic carbocycles. The molecule has 3 nitrogen and oxygen atoms in total. The largest absolute Gasteiger partial charge is 0.496 e. The summed E-state index contributed by atoms with van der Waals surface area (Å²) in [6.07, 6.45) is 2.37. The number of methoxy groups -OCH3 is 1. The molecule has 1 N–H and O–H groups in total. The highest BCUT2D eigenvalue weighted by Crippen LogP contribution is 2.40. The highest BCUT2D eigenvalue weighted by atomic mass is 16.5. The SMILES string of the molecule is CCOC(C)(C)CNC1CC(c2ccccc2OC)C1. The molecule has 1 aliphatic carbocycles. The smallest absolute Gasteiger partial charge is 0.122 e. The maximum absolute atomic E-state index is 5.71. The van der Waals surface area contributed by atoms with Crippen molar-refractivity contribution in [3.63, 3.8) is 0 Å². The fourth-order valence-electron chi connectivity index (χ4n) is 2.87. The van der Waals surface area contributed by atoms with Crippen molar-refractivity contribution in [2.24, 2.45) is 0 Å². The average Bonchev–Trinajstić information content (AvgIpc) is 2.37. The lowest BCUT2D eigenvalue weighted by atomic mass is 9.75. The minimum atomic E-state index is -0.0791. The van der Waals surface area contributed by atoms with Gasteiger partial charge in [-0.05, 0) is 51.2 Å². The van der Waals surface area contributed by atoms with E-state index < -0.39 is 0 Å². The van der Waals surface area contributed by atoms with Crippen LogP contribution >= 0.6 is 0 Å². The predicted molar refractivity (Wildman–Crippen MR) is 82.5 cm³/mol. The van der Waals surface area contributed by atoms with Gasteiger partial charge in [0, 0.05) is 19.2 Å². The van der Waals surface area contributed by atoms with E-state index in [1.807, 2.05) is 19.1 Å². The van der Waals surface area contributed by atoms with Crippen LogP contribution in [0.15, 0.2) is 24.3 Å². The van der Waals surface area contributed by atoms with Crippen LogP contribution < -0.4 is 10.1 Å². The van der Waals surface area contributed by atoms with Crippen molar-refractivity contribution >= 4 is 0 Å². The number of nitrogens with one attached hydrogen (secondary N) is 1. The molecule has 0 unspecified atom stereocenters. The highest BCUT2D eigenvalue weighted by molar-refractivity contribution is 5.37. The van der Waals surface area contributed by atoms with Crippen molar-refractivity contribution in [3.05, 3.63) is 29.8 Å². The lowest BCUT2D eigenvalue weighted by Crippen LogP contribution is -2.47. The summed E-state index contributed by atoms with van der Waals surface area (Å²) in [6, 6.07) is 8.96. The summed E-state index contributed by atoms with van der Waals surface area (Å²) in [6.45, 7) is 8.00. The standard InChI is InChI=1S/C17H27NO2/c1-5-20-17(2,3)12-18-14-10-13(11-14)15-8-6-7-9-16(15)19-4/h6-9,13-14,18H,5,10-12H2,1-4H3. The van der Waals surface area contributed by atoms with E-state index in [2.05, 4.69) is 31.3 Å². The fraction of sp³-hybridized carbons (Fsp3) is 0.647. The maximum atomic E-state index is 5.71. The Morgan fingerprint density at radius 1 is 1.25 bits per heavy atom. The predicted octanol–water partition coefficient (Wildman–Crippen LogP) is 3.35. The van der Waals surface area contributed by atoms with Crippen LogP contribution in [0.5, 0.6) is 5.75 Å². The normalized spacial score (nSPS) is 22.4. The molecule has 0 aromatic heterocycles. The van der Waals surface area contributed by atoms with E-state index in [1.165, 1.54) is 18.4 Å². The van der Waals surface area contributed by atoms with E-state index in [4.69, 9.17) is 9.47 Å². The Bertz CT molecular complexity index is 425. The molecule has 0 aliphatic heterocycles. The molecular weight excluding hydrogens is 250 g/mol. The zero-order valence-corrected chi connectivity index (χ0v) is 13.1. The molecule has 0 atom stereocenters. The molecule has 1 aliphatic rings. The Morgan fingerprint density at radius 3 is 2.60 bits per heavy atom. The zero-order chi connectivity index (χ0) is 14.6. The summed E-state index contributed by atoms with van der Waals surface area (Å²) in [5, 5.41) is 3.62. The average molecular weight is 277 g/mol. The van der Waals surface area contributed by atoms with Crippen LogP contribution in [-0.2, 0) is 4.74 Å². The van der Waals surface area contributed by atoms with Crippen molar-refractivity contribution in [2.75, 3.05) is 20.3 Å². The van der Waals surface area contributed by atoms with Gasteiger partial charge in [-0.3, -0.25) is 0 Å². The van der Waals surface area contributed by atoms with Gasteiger partial charge in [-0.2, -0.15) is 0 Å². The molecule has 0 radical (unpaired) electrons. The van der Waals surface area contributed by atoms with Crippen molar-refractivity contribution in [2.45, 2.75) is 51.2 Å². The first kappa shape index (κ1) is 15.3. The van der Waals surface area contributed by atoms with Gasteiger partial charge in [-0.1, -0.05) is 18.2 Å². The number of para-hydroxylation sites is 1. The Hall–Kier alpha value is -1.06. The lowest BCUT2D eigenvalue weighted by Gasteiger charge is -2.39. The monoisotopic (exact) mass is 277 g/mol. The molecule has 112 valence electrons. The number of hydrogen-bond acceptors (Lipinski definition) is 3. The topological polar surface area (TPSA) is 30.5 Å². The molecule has 0 bridgehead atoms. The number of benzene rings is 1. The number of rotatable bonds is 7. The Morgan fingerprint density at radius 2 is 1.95 bits per heavy atom. The minimum absolute atomic E-state index is 0.0791. The Labute approximate surface area is 122 Å². The third-order valence-electron chi connectivity index (χ3n) is 4.07. The van der Waals surface area contributed by atoms with E-state index >= 15 is 0 Å². The summed E-state index contributed by atoms with van der Waals surface area (Å²) in [4.78, 5) is 0. The summed E-state index contributed by atoms with van der Waals surface area (Å²) in [7, 11) is 1.75.